The minimum absolute atomic E-state index is 0.111. The van der Waals surface area contributed by atoms with Gasteiger partial charge in [-0.1, -0.05) is 5.11 Å². The van der Waals surface area contributed by atoms with E-state index in [-0.39, 0.29) is 11.9 Å². The van der Waals surface area contributed by atoms with Crippen molar-refractivity contribution in [1.29, 1.82) is 0 Å². The van der Waals surface area contributed by atoms with Gasteiger partial charge in [-0.2, -0.15) is 0 Å². The standard InChI is InChI=1S/C14H18N4O3/c1-2-21-14(20)11-6-8-12(9-7-11)17-13(19)5-3-4-10-16-18-15/h6-9H,2-5,10H2,1H3,(H,17,19). The lowest BCUT2D eigenvalue weighted by Crippen LogP contribution is -2.11. The SMILES string of the molecule is CCOC(=O)c1ccc(NC(=O)CCCCN=[N+]=[N-])cc1. The van der Waals surface area contributed by atoms with E-state index in [1.165, 1.54) is 0 Å². The molecule has 0 fully saturated rings. The highest BCUT2D eigenvalue weighted by Crippen LogP contribution is 2.11. The van der Waals surface area contributed by atoms with Gasteiger partial charge in [-0.15, -0.1) is 0 Å². The number of anilines is 1. The zero-order valence-corrected chi connectivity index (χ0v) is 11.9. The van der Waals surface area contributed by atoms with Crippen LogP contribution in [-0.4, -0.2) is 25.0 Å². The van der Waals surface area contributed by atoms with Crippen molar-refractivity contribution in [2.24, 2.45) is 5.11 Å². The normalized spacial score (nSPS) is 9.57. The highest BCUT2D eigenvalue weighted by Gasteiger charge is 2.07. The molecule has 1 aromatic rings. The third-order valence-corrected chi connectivity index (χ3v) is 2.65. The summed E-state index contributed by atoms with van der Waals surface area (Å²) in [6.07, 6.45) is 1.70. The van der Waals surface area contributed by atoms with Gasteiger partial charge in [0, 0.05) is 23.6 Å². The fourth-order valence-electron chi connectivity index (χ4n) is 1.64. The second kappa shape index (κ2) is 9.39. The Morgan fingerprint density at radius 3 is 2.62 bits per heavy atom. The fraction of sp³-hybridized carbons (Fsp3) is 0.429. The van der Waals surface area contributed by atoms with Crippen LogP contribution in [-0.2, 0) is 9.53 Å². The number of carbonyl (C=O) groups is 2. The molecule has 0 aromatic heterocycles. The molecule has 1 aromatic carbocycles. The number of amides is 1. The molecular weight excluding hydrogens is 272 g/mol. The van der Waals surface area contributed by atoms with Crippen molar-refractivity contribution in [3.05, 3.63) is 40.3 Å². The number of ether oxygens (including phenoxy) is 1. The molecular formula is C14H18N4O3. The maximum atomic E-state index is 11.7. The molecule has 0 heterocycles. The topological polar surface area (TPSA) is 104 Å². The lowest BCUT2D eigenvalue weighted by molar-refractivity contribution is -0.116. The monoisotopic (exact) mass is 290 g/mol. The second-order valence-electron chi connectivity index (χ2n) is 4.26. The number of carbonyl (C=O) groups excluding carboxylic acids is 2. The molecule has 1 amide bonds. The number of benzene rings is 1. The lowest BCUT2D eigenvalue weighted by atomic mass is 10.2. The second-order valence-corrected chi connectivity index (χ2v) is 4.26. The predicted octanol–water partition coefficient (Wildman–Crippen LogP) is 3.28. The van der Waals surface area contributed by atoms with Crippen molar-refractivity contribution in [3.63, 3.8) is 0 Å². The Labute approximate surface area is 122 Å². The van der Waals surface area contributed by atoms with E-state index in [1.54, 1.807) is 31.2 Å². The Balaban J connectivity index is 2.39. The predicted molar refractivity (Wildman–Crippen MR) is 78.9 cm³/mol. The van der Waals surface area contributed by atoms with E-state index in [2.05, 4.69) is 15.3 Å². The van der Waals surface area contributed by atoms with Crippen LogP contribution in [0.15, 0.2) is 29.4 Å². The molecule has 1 rings (SSSR count). The first-order valence-corrected chi connectivity index (χ1v) is 6.75. The zero-order valence-electron chi connectivity index (χ0n) is 11.9. The van der Waals surface area contributed by atoms with Crippen molar-refractivity contribution in [2.45, 2.75) is 26.2 Å². The summed E-state index contributed by atoms with van der Waals surface area (Å²) >= 11 is 0. The highest BCUT2D eigenvalue weighted by molar-refractivity contribution is 5.93. The maximum Gasteiger partial charge on any atom is 0.338 e. The van der Waals surface area contributed by atoms with Crippen molar-refractivity contribution in [2.75, 3.05) is 18.5 Å². The highest BCUT2D eigenvalue weighted by atomic mass is 16.5. The summed E-state index contributed by atoms with van der Waals surface area (Å²) < 4.78 is 4.87. The summed E-state index contributed by atoms with van der Waals surface area (Å²) in [5.74, 6) is -0.492. The van der Waals surface area contributed by atoms with Gasteiger partial charge in [0.1, 0.15) is 0 Å². The van der Waals surface area contributed by atoms with E-state index in [0.717, 1.165) is 0 Å². The van der Waals surface area contributed by atoms with Crippen molar-refractivity contribution >= 4 is 17.6 Å². The molecule has 0 saturated heterocycles. The Hall–Kier alpha value is -2.53. The van der Waals surface area contributed by atoms with Gasteiger partial charge in [0.15, 0.2) is 0 Å². The first-order valence-electron chi connectivity index (χ1n) is 6.75. The van der Waals surface area contributed by atoms with E-state index in [0.29, 0.717) is 43.7 Å². The number of esters is 1. The van der Waals surface area contributed by atoms with Crippen LogP contribution in [0.1, 0.15) is 36.5 Å². The van der Waals surface area contributed by atoms with Crippen LogP contribution in [0.2, 0.25) is 0 Å². The Morgan fingerprint density at radius 1 is 1.29 bits per heavy atom. The van der Waals surface area contributed by atoms with Crippen LogP contribution >= 0.6 is 0 Å². The third-order valence-electron chi connectivity index (χ3n) is 2.65. The Bertz CT molecular complexity index is 522. The van der Waals surface area contributed by atoms with Gasteiger partial charge >= 0.3 is 5.97 Å². The summed E-state index contributed by atoms with van der Waals surface area (Å²) in [6, 6.07) is 6.53. The van der Waals surface area contributed by atoms with Crippen molar-refractivity contribution in [1.82, 2.24) is 0 Å². The summed E-state index contributed by atoms with van der Waals surface area (Å²) in [5, 5.41) is 6.14. The Morgan fingerprint density at radius 2 is 2.00 bits per heavy atom. The van der Waals surface area contributed by atoms with Crippen molar-refractivity contribution in [3.8, 4) is 0 Å². The maximum absolute atomic E-state index is 11.7. The Kier molecular flexibility index (Phi) is 7.39. The summed E-state index contributed by atoms with van der Waals surface area (Å²) in [4.78, 5) is 25.8. The quantitative estimate of drug-likeness (QED) is 0.261. The molecule has 0 atom stereocenters. The summed E-state index contributed by atoms with van der Waals surface area (Å²) in [7, 11) is 0. The minimum atomic E-state index is -0.381. The zero-order chi connectivity index (χ0) is 15.5. The molecule has 0 unspecified atom stereocenters. The number of unbranched alkanes of at least 4 members (excludes halogenated alkanes) is 1. The van der Waals surface area contributed by atoms with E-state index in [9.17, 15) is 9.59 Å². The smallest absolute Gasteiger partial charge is 0.338 e. The summed E-state index contributed by atoms with van der Waals surface area (Å²) in [5.41, 5.74) is 9.19. The average Bonchev–Trinajstić information content (AvgIpc) is 2.48. The number of nitrogens with one attached hydrogen (secondary N) is 1. The molecule has 7 heteroatoms. The molecule has 1 N–H and O–H groups in total. The van der Waals surface area contributed by atoms with Gasteiger partial charge < -0.3 is 10.1 Å². The average molecular weight is 290 g/mol. The van der Waals surface area contributed by atoms with Crippen LogP contribution in [0, 0.1) is 0 Å². The van der Waals surface area contributed by atoms with Crippen LogP contribution < -0.4 is 5.32 Å². The number of hydrogen-bond donors (Lipinski definition) is 1. The van der Waals surface area contributed by atoms with Gasteiger partial charge in [-0.25, -0.2) is 4.79 Å². The van der Waals surface area contributed by atoms with E-state index in [4.69, 9.17) is 10.3 Å². The van der Waals surface area contributed by atoms with Crippen LogP contribution in [0.5, 0.6) is 0 Å². The van der Waals surface area contributed by atoms with Gasteiger partial charge in [0.25, 0.3) is 0 Å². The molecule has 0 aliphatic heterocycles. The summed E-state index contributed by atoms with van der Waals surface area (Å²) in [6.45, 7) is 2.47. The third kappa shape index (κ3) is 6.44. The first kappa shape index (κ1) is 16.5. The minimum Gasteiger partial charge on any atom is -0.462 e. The largest absolute Gasteiger partial charge is 0.462 e. The molecule has 0 saturated carbocycles. The molecule has 0 spiro atoms. The van der Waals surface area contributed by atoms with Gasteiger partial charge in [-0.3, -0.25) is 4.79 Å². The molecule has 21 heavy (non-hydrogen) atoms. The van der Waals surface area contributed by atoms with Gasteiger partial charge in [-0.05, 0) is 49.6 Å². The van der Waals surface area contributed by atoms with Crippen molar-refractivity contribution < 1.29 is 14.3 Å². The molecule has 7 nitrogen and oxygen atoms in total. The first-order chi connectivity index (χ1) is 10.2. The fourth-order valence-corrected chi connectivity index (χ4v) is 1.64. The molecule has 0 aliphatic rings. The number of nitrogens with zero attached hydrogens (tertiary/aromatic N) is 3. The molecule has 112 valence electrons. The number of hydrogen-bond acceptors (Lipinski definition) is 4. The van der Waals surface area contributed by atoms with Gasteiger partial charge in [0.05, 0.1) is 12.2 Å². The van der Waals surface area contributed by atoms with Gasteiger partial charge in [0.2, 0.25) is 5.91 Å². The molecule has 0 aliphatic carbocycles. The molecule has 0 bridgehead atoms. The van der Waals surface area contributed by atoms with Crippen LogP contribution in [0.4, 0.5) is 5.69 Å². The number of rotatable bonds is 8. The van der Waals surface area contributed by atoms with Crippen LogP contribution in [0.3, 0.4) is 0 Å². The molecule has 0 radical (unpaired) electrons. The lowest BCUT2D eigenvalue weighted by Gasteiger charge is -2.06. The van der Waals surface area contributed by atoms with E-state index in [1.807, 2.05) is 0 Å². The van der Waals surface area contributed by atoms with E-state index < -0.39 is 0 Å². The van der Waals surface area contributed by atoms with Crippen LogP contribution in [0.25, 0.3) is 10.4 Å². The van der Waals surface area contributed by atoms with E-state index >= 15 is 0 Å². The number of azide groups is 1.